The number of nitrogens with zero attached hydrogens (tertiary/aromatic N) is 1. The molecule has 1 unspecified atom stereocenters. The van der Waals surface area contributed by atoms with E-state index in [0.29, 0.717) is 28.6 Å². The van der Waals surface area contributed by atoms with E-state index in [-0.39, 0.29) is 17.9 Å². The number of carbonyl (C=O) groups excluding carboxylic acids is 2. The molecule has 190 valence electrons. The second kappa shape index (κ2) is 10.7. The molecule has 0 saturated carbocycles. The maximum atomic E-state index is 13.2. The number of fused-ring (bicyclic) bond motifs is 2. The predicted octanol–water partition coefficient (Wildman–Crippen LogP) is 6.01. The van der Waals surface area contributed by atoms with E-state index in [4.69, 9.17) is 9.47 Å². The molecular weight excluding hydrogens is 484 g/mol. The summed E-state index contributed by atoms with van der Waals surface area (Å²) >= 11 is 1.40. The Morgan fingerprint density at radius 3 is 2.78 bits per heavy atom. The first-order valence-electron chi connectivity index (χ1n) is 12.5. The van der Waals surface area contributed by atoms with Crippen LogP contribution in [0.5, 0.6) is 11.5 Å². The third-order valence-corrected chi connectivity index (χ3v) is 7.86. The van der Waals surface area contributed by atoms with E-state index in [9.17, 15) is 9.59 Å². The van der Waals surface area contributed by atoms with Gasteiger partial charge in [-0.3, -0.25) is 9.59 Å². The van der Waals surface area contributed by atoms with Crippen molar-refractivity contribution in [2.24, 2.45) is 0 Å². The van der Waals surface area contributed by atoms with E-state index in [1.54, 1.807) is 25.1 Å². The maximum Gasteiger partial charge on any atom is 0.264 e. The predicted molar refractivity (Wildman–Crippen MR) is 147 cm³/mol. The molecule has 0 aromatic heterocycles. The summed E-state index contributed by atoms with van der Waals surface area (Å²) in [6.45, 7) is 2.46. The normalized spacial score (nSPS) is 17.7. The van der Waals surface area contributed by atoms with Crippen LogP contribution in [0.4, 0.5) is 5.69 Å². The van der Waals surface area contributed by atoms with Crippen molar-refractivity contribution in [2.45, 2.75) is 37.1 Å². The highest BCUT2D eigenvalue weighted by atomic mass is 32.2. The zero-order valence-electron chi connectivity index (χ0n) is 21.2. The Balaban J connectivity index is 1.37. The number of aryl methyl sites for hydroxylation is 1. The second-order valence-electron chi connectivity index (χ2n) is 9.12. The zero-order valence-corrected chi connectivity index (χ0v) is 22.1. The standard InChI is InChI=1S/C30H30N2O4S/c1-4-36-25-14-12-19(16-26(25)35-3)17-28-30(34)32(2)24-18-21(13-15-27(24)37-28)29(33)31-23-11-7-9-20-8-5-6-10-22(20)23/h5-6,8,10,12-18,23H,4,7,9,11H2,1-3H3,(H,31,33)/b28-17+. The fourth-order valence-electron chi connectivity index (χ4n) is 4.88. The molecule has 1 atom stereocenters. The lowest BCUT2D eigenvalue weighted by molar-refractivity contribution is -0.114. The molecule has 2 amide bonds. The van der Waals surface area contributed by atoms with Gasteiger partial charge in [0.15, 0.2) is 11.5 Å². The number of likely N-dealkylation sites (N-methyl/N-ethyl adjacent to an activating group) is 1. The summed E-state index contributed by atoms with van der Waals surface area (Å²) in [7, 11) is 3.34. The number of anilines is 1. The molecule has 1 aliphatic carbocycles. The number of amides is 2. The van der Waals surface area contributed by atoms with Gasteiger partial charge in [-0.1, -0.05) is 42.1 Å². The van der Waals surface area contributed by atoms with E-state index in [1.165, 1.54) is 22.9 Å². The van der Waals surface area contributed by atoms with Gasteiger partial charge >= 0.3 is 0 Å². The lowest BCUT2D eigenvalue weighted by Gasteiger charge is -2.28. The summed E-state index contributed by atoms with van der Waals surface area (Å²) in [6.07, 6.45) is 4.87. The van der Waals surface area contributed by atoms with Gasteiger partial charge in [0, 0.05) is 17.5 Å². The lowest BCUT2D eigenvalue weighted by Crippen LogP contribution is -2.32. The van der Waals surface area contributed by atoms with Crippen LogP contribution in [0.15, 0.2) is 70.5 Å². The molecule has 0 fully saturated rings. The van der Waals surface area contributed by atoms with Crippen LogP contribution in [-0.2, 0) is 11.2 Å². The van der Waals surface area contributed by atoms with Crippen molar-refractivity contribution in [1.29, 1.82) is 0 Å². The highest BCUT2D eigenvalue weighted by Crippen LogP contribution is 2.42. The van der Waals surface area contributed by atoms with Gasteiger partial charge in [-0.25, -0.2) is 0 Å². The molecule has 3 aromatic rings. The molecule has 6 nitrogen and oxygen atoms in total. The fraction of sp³-hybridized carbons (Fsp3) is 0.267. The summed E-state index contributed by atoms with van der Waals surface area (Å²) in [5, 5.41) is 3.21. The first-order chi connectivity index (χ1) is 18.0. The van der Waals surface area contributed by atoms with Crippen molar-refractivity contribution in [3.63, 3.8) is 0 Å². The van der Waals surface area contributed by atoms with Crippen molar-refractivity contribution >= 4 is 35.3 Å². The summed E-state index contributed by atoms with van der Waals surface area (Å²) in [5.74, 6) is 1.04. The van der Waals surface area contributed by atoms with Gasteiger partial charge in [-0.15, -0.1) is 0 Å². The summed E-state index contributed by atoms with van der Waals surface area (Å²) < 4.78 is 11.0. The van der Waals surface area contributed by atoms with Crippen molar-refractivity contribution in [3.8, 4) is 11.5 Å². The number of hydrogen-bond donors (Lipinski definition) is 1. The van der Waals surface area contributed by atoms with Crippen LogP contribution in [0.2, 0.25) is 0 Å². The van der Waals surface area contributed by atoms with Crippen LogP contribution in [0.3, 0.4) is 0 Å². The smallest absolute Gasteiger partial charge is 0.264 e. The van der Waals surface area contributed by atoms with Crippen molar-refractivity contribution in [3.05, 3.63) is 87.8 Å². The minimum atomic E-state index is -0.127. The maximum absolute atomic E-state index is 13.2. The van der Waals surface area contributed by atoms with Gasteiger partial charge < -0.3 is 19.7 Å². The Bertz CT molecular complexity index is 1380. The molecule has 5 rings (SSSR count). The number of ether oxygens (including phenoxy) is 2. The number of rotatable bonds is 6. The van der Waals surface area contributed by atoms with Crippen LogP contribution in [0.1, 0.15) is 52.9 Å². The number of thioether (sulfide) groups is 1. The first-order valence-corrected chi connectivity index (χ1v) is 13.3. The molecule has 0 radical (unpaired) electrons. The van der Waals surface area contributed by atoms with Gasteiger partial charge in [0.2, 0.25) is 0 Å². The average Bonchev–Trinajstić information content (AvgIpc) is 2.92. The summed E-state index contributed by atoms with van der Waals surface area (Å²) in [5.41, 5.74) is 4.62. The monoisotopic (exact) mass is 514 g/mol. The number of nitrogens with one attached hydrogen (secondary N) is 1. The van der Waals surface area contributed by atoms with Gasteiger partial charge in [-0.2, -0.15) is 0 Å². The molecule has 1 heterocycles. The molecule has 0 spiro atoms. The second-order valence-corrected chi connectivity index (χ2v) is 10.2. The van der Waals surface area contributed by atoms with Crippen LogP contribution < -0.4 is 19.7 Å². The Labute approximate surface area is 221 Å². The molecule has 2 aliphatic rings. The van der Waals surface area contributed by atoms with Crippen molar-refractivity contribution in [2.75, 3.05) is 25.7 Å². The van der Waals surface area contributed by atoms with Gasteiger partial charge in [0.1, 0.15) is 0 Å². The van der Waals surface area contributed by atoms with E-state index >= 15 is 0 Å². The lowest BCUT2D eigenvalue weighted by atomic mass is 9.87. The minimum absolute atomic E-state index is 0.00265. The number of benzene rings is 3. The van der Waals surface area contributed by atoms with Crippen molar-refractivity contribution < 1.29 is 19.1 Å². The fourth-order valence-corrected chi connectivity index (χ4v) is 5.97. The van der Waals surface area contributed by atoms with Gasteiger partial charge in [0.05, 0.1) is 30.4 Å². The topological polar surface area (TPSA) is 67.9 Å². The third kappa shape index (κ3) is 5.09. The van der Waals surface area contributed by atoms with Crippen LogP contribution in [-0.4, -0.2) is 32.6 Å². The molecule has 0 saturated heterocycles. The molecule has 3 aromatic carbocycles. The number of hydrogen-bond acceptors (Lipinski definition) is 5. The highest BCUT2D eigenvalue weighted by molar-refractivity contribution is 8.04. The zero-order chi connectivity index (χ0) is 25.9. The SMILES string of the molecule is CCOc1ccc(/C=C2/Sc3ccc(C(=O)NC4CCCc5ccccc54)cc3N(C)C2=O)cc1OC. The minimum Gasteiger partial charge on any atom is -0.493 e. The molecular formula is C30H30N2O4S. The van der Waals surface area contributed by atoms with Crippen LogP contribution in [0.25, 0.3) is 6.08 Å². The van der Waals surface area contributed by atoms with Gasteiger partial charge in [0.25, 0.3) is 11.8 Å². The third-order valence-electron chi connectivity index (χ3n) is 6.78. The Morgan fingerprint density at radius 2 is 1.97 bits per heavy atom. The van der Waals surface area contributed by atoms with E-state index in [2.05, 4.69) is 17.4 Å². The average molecular weight is 515 g/mol. The largest absolute Gasteiger partial charge is 0.493 e. The number of methoxy groups -OCH3 is 1. The van der Waals surface area contributed by atoms with Crippen molar-refractivity contribution in [1.82, 2.24) is 5.32 Å². The van der Waals surface area contributed by atoms with Crippen LogP contribution >= 0.6 is 11.8 Å². The van der Waals surface area contributed by atoms with Gasteiger partial charge in [-0.05, 0) is 79.3 Å². The summed E-state index contributed by atoms with van der Waals surface area (Å²) in [6, 6.07) is 19.5. The van der Waals surface area contributed by atoms with E-state index in [1.807, 2.05) is 55.5 Å². The summed E-state index contributed by atoms with van der Waals surface area (Å²) in [4.78, 5) is 29.5. The highest BCUT2D eigenvalue weighted by Gasteiger charge is 2.28. The molecule has 37 heavy (non-hydrogen) atoms. The van der Waals surface area contributed by atoms with E-state index in [0.717, 1.165) is 35.4 Å². The molecule has 1 aliphatic heterocycles. The molecule has 0 bridgehead atoms. The Morgan fingerprint density at radius 1 is 1.14 bits per heavy atom. The number of carbonyl (C=O) groups is 2. The Kier molecular flexibility index (Phi) is 7.24. The quantitative estimate of drug-likeness (QED) is 0.408. The molecule has 7 heteroatoms. The van der Waals surface area contributed by atoms with E-state index < -0.39 is 0 Å². The molecule has 1 N–H and O–H groups in total. The Hall–Kier alpha value is -3.71. The van der Waals surface area contributed by atoms with Crippen LogP contribution in [0, 0.1) is 0 Å². The first kappa shape index (κ1) is 25.0.